The third-order valence-electron chi connectivity index (χ3n) is 3.58. The average molecular weight is 341 g/mol. The van der Waals surface area contributed by atoms with Crippen LogP contribution in [0.25, 0.3) is 5.69 Å². The number of sulfone groups is 1. The summed E-state index contributed by atoms with van der Waals surface area (Å²) in [7, 11) is -3.04. The Morgan fingerprint density at radius 1 is 1.08 bits per heavy atom. The highest BCUT2D eigenvalue weighted by Crippen LogP contribution is 2.17. The van der Waals surface area contributed by atoms with Gasteiger partial charge in [-0.2, -0.15) is 5.10 Å². The first-order valence-corrected chi connectivity index (χ1v) is 9.66. The highest BCUT2D eigenvalue weighted by molar-refractivity contribution is 7.89. The van der Waals surface area contributed by atoms with Gasteiger partial charge in [-0.05, 0) is 35.4 Å². The van der Waals surface area contributed by atoms with E-state index in [4.69, 9.17) is 0 Å². The van der Waals surface area contributed by atoms with E-state index in [9.17, 15) is 8.42 Å². The van der Waals surface area contributed by atoms with Crippen molar-refractivity contribution in [3.8, 4) is 5.69 Å². The minimum Gasteiger partial charge on any atom is -0.381 e. The van der Waals surface area contributed by atoms with Crippen molar-refractivity contribution in [2.45, 2.75) is 12.3 Å². The molecule has 0 radical (unpaired) electrons. The number of benzene rings is 2. The van der Waals surface area contributed by atoms with Gasteiger partial charge in [0.15, 0.2) is 9.84 Å². The summed E-state index contributed by atoms with van der Waals surface area (Å²) in [6.45, 7) is 0.623. The number of aromatic nitrogens is 2. The molecular formula is C18H19N3O2S. The number of nitrogens with zero attached hydrogens (tertiary/aromatic N) is 2. The molecule has 0 unspecified atom stereocenters. The Balaban J connectivity index is 1.76. The van der Waals surface area contributed by atoms with Crippen LogP contribution in [0.15, 0.2) is 67.0 Å². The van der Waals surface area contributed by atoms with E-state index < -0.39 is 9.84 Å². The fourth-order valence-corrected chi connectivity index (χ4v) is 3.35. The summed E-state index contributed by atoms with van der Waals surface area (Å²) >= 11 is 0. The first-order valence-electron chi connectivity index (χ1n) is 7.60. The Morgan fingerprint density at radius 2 is 1.92 bits per heavy atom. The monoisotopic (exact) mass is 341 g/mol. The molecule has 0 saturated heterocycles. The van der Waals surface area contributed by atoms with Crippen LogP contribution in [0.5, 0.6) is 0 Å². The predicted octanol–water partition coefficient (Wildman–Crippen LogP) is 3.03. The van der Waals surface area contributed by atoms with Crippen molar-refractivity contribution in [3.05, 3.63) is 78.1 Å². The van der Waals surface area contributed by atoms with Gasteiger partial charge in [0.25, 0.3) is 0 Å². The van der Waals surface area contributed by atoms with Gasteiger partial charge in [0.1, 0.15) is 0 Å². The Morgan fingerprint density at radius 3 is 2.67 bits per heavy atom. The van der Waals surface area contributed by atoms with Crippen LogP contribution < -0.4 is 5.32 Å². The summed E-state index contributed by atoms with van der Waals surface area (Å²) in [5, 5.41) is 7.63. The lowest BCUT2D eigenvalue weighted by Gasteiger charge is -2.12. The first-order chi connectivity index (χ1) is 11.5. The predicted molar refractivity (Wildman–Crippen MR) is 95.9 cm³/mol. The van der Waals surface area contributed by atoms with Crippen LogP contribution in [0.1, 0.15) is 11.1 Å². The maximum absolute atomic E-state index is 11.4. The van der Waals surface area contributed by atoms with Gasteiger partial charge >= 0.3 is 0 Å². The van der Waals surface area contributed by atoms with E-state index in [0.717, 1.165) is 22.5 Å². The molecule has 0 bridgehead atoms. The maximum atomic E-state index is 11.4. The molecule has 3 aromatic rings. The van der Waals surface area contributed by atoms with Crippen LogP contribution in [0, 0.1) is 0 Å². The third kappa shape index (κ3) is 4.23. The number of hydrogen-bond donors (Lipinski definition) is 1. The van der Waals surface area contributed by atoms with Crippen molar-refractivity contribution < 1.29 is 8.42 Å². The second-order valence-corrected chi connectivity index (χ2v) is 7.84. The van der Waals surface area contributed by atoms with Gasteiger partial charge in [-0.25, -0.2) is 13.1 Å². The minimum atomic E-state index is -3.04. The van der Waals surface area contributed by atoms with Crippen LogP contribution in [0.4, 0.5) is 5.69 Å². The molecule has 0 atom stereocenters. The van der Waals surface area contributed by atoms with E-state index in [1.165, 1.54) is 6.26 Å². The van der Waals surface area contributed by atoms with Gasteiger partial charge < -0.3 is 5.32 Å². The highest BCUT2D eigenvalue weighted by atomic mass is 32.2. The first kappa shape index (κ1) is 16.3. The van der Waals surface area contributed by atoms with Gasteiger partial charge in [-0.3, -0.25) is 0 Å². The Bertz CT molecular complexity index is 919. The minimum absolute atomic E-state index is 0.0480. The number of para-hydroxylation sites is 1. The molecule has 124 valence electrons. The van der Waals surface area contributed by atoms with E-state index in [-0.39, 0.29) is 5.75 Å². The van der Waals surface area contributed by atoms with E-state index in [2.05, 4.69) is 10.4 Å². The quantitative estimate of drug-likeness (QED) is 0.748. The molecule has 0 amide bonds. The number of hydrogen-bond acceptors (Lipinski definition) is 4. The fraction of sp³-hybridized carbons (Fsp3) is 0.167. The van der Waals surface area contributed by atoms with E-state index >= 15 is 0 Å². The van der Waals surface area contributed by atoms with Crippen LogP contribution in [-0.4, -0.2) is 24.5 Å². The average Bonchev–Trinajstić information content (AvgIpc) is 3.06. The molecule has 0 fully saturated rings. The highest BCUT2D eigenvalue weighted by Gasteiger charge is 2.07. The van der Waals surface area contributed by atoms with Crippen LogP contribution >= 0.6 is 0 Å². The zero-order valence-corrected chi connectivity index (χ0v) is 14.2. The van der Waals surface area contributed by atoms with E-state index in [0.29, 0.717) is 6.54 Å². The zero-order valence-electron chi connectivity index (χ0n) is 13.4. The molecule has 24 heavy (non-hydrogen) atoms. The molecule has 0 aliphatic carbocycles. The Hall–Kier alpha value is -2.60. The molecular weight excluding hydrogens is 322 g/mol. The smallest absolute Gasteiger partial charge is 0.151 e. The largest absolute Gasteiger partial charge is 0.381 e. The fourth-order valence-electron chi connectivity index (χ4n) is 2.57. The number of anilines is 1. The molecule has 0 spiro atoms. The molecule has 5 nitrogen and oxygen atoms in total. The van der Waals surface area contributed by atoms with E-state index in [1.807, 2.05) is 65.5 Å². The molecule has 6 heteroatoms. The normalized spacial score (nSPS) is 11.4. The van der Waals surface area contributed by atoms with Crippen molar-refractivity contribution in [2.24, 2.45) is 0 Å². The molecule has 0 aliphatic heterocycles. The Labute approximate surface area is 141 Å². The van der Waals surface area contributed by atoms with Crippen molar-refractivity contribution in [3.63, 3.8) is 0 Å². The van der Waals surface area contributed by atoms with Crippen molar-refractivity contribution in [1.82, 2.24) is 9.78 Å². The lowest BCUT2D eigenvalue weighted by molar-refractivity contribution is 0.601. The van der Waals surface area contributed by atoms with Gasteiger partial charge in [0.05, 0.1) is 11.4 Å². The lowest BCUT2D eigenvalue weighted by Crippen LogP contribution is -2.06. The van der Waals surface area contributed by atoms with Gasteiger partial charge in [0, 0.05) is 30.9 Å². The second-order valence-electron chi connectivity index (χ2n) is 5.70. The zero-order chi connectivity index (χ0) is 17.0. The number of nitrogens with one attached hydrogen (secondary N) is 1. The maximum Gasteiger partial charge on any atom is 0.151 e. The summed E-state index contributed by atoms with van der Waals surface area (Å²) < 4.78 is 24.7. The second kappa shape index (κ2) is 6.88. The van der Waals surface area contributed by atoms with Crippen molar-refractivity contribution in [2.75, 3.05) is 11.6 Å². The van der Waals surface area contributed by atoms with Crippen molar-refractivity contribution >= 4 is 15.5 Å². The molecule has 1 heterocycles. The molecule has 3 rings (SSSR count). The van der Waals surface area contributed by atoms with Crippen LogP contribution in [-0.2, 0) is 22.1 Å². The van der Waals surface area contributed by atoms with Crippen LogP contribution in [0.2, 0.25) is 0 Å². The van der Waals surface area contributed by atoms with Gasteiger partial charge in [-0.1, -0.05) is 30.3 Å². The third-order valence-corrected chi connectivity index (χ3v) is 4.44. The summed E-state index contributed by atoms with van der Waals surface area (Å²) in [5.74, 6) is 0.0480. The molecule has 0 saturated carbocycles. The summed E-state index contributed by atoms with van der Waals surface area (Å²) in [4.78, 5) is 0. The van der Waals surface area contributed by atoms with E-state index in [1.54, 1.807) is 6.20 Å². The molecule has 1 aromatic heterocycles. The number of rotatable bonds is 6. The molecule has 2 aromatic carbocycles. The molecule has 0 aliphatic rings. The Kier molecular flexibility index (Phi) is 4.66. The van der Waals surface area contributed by atoms with Crippen molar-refractivity contribution in [1.29, 1.82) is 0 Å². The topological polar surface area (TPSA) is 64.0 Å². The summed E-state index contributed by atoms with van der Waals surface area (Å²) in [6, 6.07) is 17.4. The SMILES string of the molecule is CS(=O)(=O)Cc1cccc(NCc2ccccc2-n2cccn2)c1. The summed E-state index contributed by atoms with van der Waals surface area (Å²) in [6.07, 6.45) is 4.90. The molecule has 1 N–H and O–H groups in total. The van der Waals surface area contributed by atoms with Gasteiger partial charge in [0.2, 0.25) is 0 Å². The standard InChI is InChI=1S/C18H19N3O2S/c1-24(22,23)14-15-6-4-8-17(12-15)19-13-16-7-2-3-9-18(16)21-11-5-10-20-21/h2-12,19H,13-14H2,1H3. The van der Waals surface area contributed by atoms with Gasteiger partial charge in [-0.15, -0.1) is 0 Å². The lowest BCUT2D eigenvalue weighted by atomic mass is 10.1. The summed E-state index contributed by atoms with van der Waals surface area (Å²) in [5.41, 5.74) is 3.80. The van der Waals surface area contributed by atoms with Crippen LogP contribution in [0.3, 0.4) is 0 Å².